The maximum atomic E-state index is 14.2. The molecule has 17 nitrogen and oxygen atoms in total. The van der Waals surface area contributed by atoms with Crippen molar-refractivity contribution in [2.24, 2.45) is 11.5 Å². The molecule has 1 heterocycles. The van der Waals surface area contributed by atoms with Gasteiger partial charge in [-0.3, -0.25) is 24.0 Å². The lowest BCUT2D eigenvalue weighted by Crippen LogP contribution is -2.61. The van der Waals surface area contributed by atoms with E-state index >= 15 is 0 Å². The van der Waals surface area contributed by atoms with Gasteiger partial charge < -0.3 is 58.4 Å². The quantitative estimate of drug-likeness (QED) is 0.0426. The van der Waals surface area contributed by atoms with Crippen LogP contribution in [0.5, 0.6) is 5.75 Å². The fraction of sp³-hybridized carbons (Fsp3) is 0.444. The third-order valence-electron chi connectivity index (χ3n) is 8.71. The molecule has 3 rings (SSSR count). The SMILES string of the molecule is C[C@@H](O)[C@H](NC(=O)[C@H](CCCCN)NC(=O)[C@@H](Cc1c[nH]c2ccccc12)NC(=O)[C@H](Cc1ccc(O)cc1)NC(=O)[C@@H](N)CS)C(=O)N[C@@H](CS)C(=O)O. The second-order valence-electron chi connectivity index (χ2n) is 13.0. The number of rotatable bonds is 22. The normalized spacial score (nSPS) is 15.0. The van der Waals surface area contributed by atoms with Crippen LogP contribution in [0.1, 0.15) is 37.3 Å². The Bertz CT molecular complexity index is 1780. The number of amides is 5. The van der Waals surface area contributed by atoms with E-state index in [9.17, 15) is 44.1 Å². The largest absolute Gasteiger partial charge is 0.508 e. The predicted octanol–water partition coefficient (Wildman–Crippen LogP) is -1.14. The summed E-state index contributed by atoms with van der Waals surface area (Å²) in [6, 6.07) is 5.39. The summed E-state index contributed by atoms with van der Waals surface area (Å²) in [4.78, 5) is 82.4. The molecular weight excluding hydrogens is 753 g/mol. The molecule has 1 aromatic heterocycles. The monoisotopic (exact) mass is 802 g/mol. The number of aliphatic hydroxyl groups excluding tert-OH is 1. The molecule has 0 saturated carbocycles. The number of aliphatic carboxylic acids is 1. The number of nitrogens with two attached hydrogens (primary N) is 2. The van der Waals surface area contributed by atoms with Crippen LogP contribution in [0, 0.1) is 0 Å². The standard InChI is InChI=1S/C36H50N8O9S2/c1-19(45)30(35(51)43-29(18-55)36(52)53)44-32(48)26(8-4-5-13-37)40-34(50)28(15-21-16-39-25-7-3-2-6-23(21)25)42-33(49)27(41-31(47)24(38)17-54)14-20-9-11-22(46)12-10-20/h2-3,6-7,9-12,16,19,24,26-30,39,45-46,54-55H,4-5,8,13-15,17-18,37-38H2,1H3,(H,40,50)(H,41,47)(H,42,49)(H,43,51)(H,44,48)(H,52,53)/t19-,24+,26+,27+,28-,29+,30+/m1/s1. The van der Waals surface area contributed by atoms with E-state index in [0.717, 1.165) is 10.9 Å². The number of carbonyl (C=O) groups is 6. The first-order valence-corrected chi connectivity index (χ1v) is 18.9. The number of hydrogen-bond acceptors (Lipinski definition) is 12. The molecule has 0 aliphatic rings. The Hall–Kier alpha value is -4.82. The second-order valence-corrected chi connectivity index (χ2v) is 13.7. The van der Waals surface area contributed by atoms with Gasteiger partial charge in [0.25, 0.3) is 0 Å². The Morgan fingerprint density at radius 1 is 0.745 bits per heavy atom. The number of thiol groups is 2. The Morgan fingerprint density at radius 2 is 1.33 bits per heavy atom. The maximum Gasteiger partial charge on any atom is 0.327 e. The highest BCUT2D eigenvalue weighted by molar-refractivity contribution is 7.80. The van der Waals surface area contributed by atoms with E-state index in [1.165, 1.54) is 19.1 Å². The number of phenolic OH excluding ortho intramolecular Hbond substituents is 1. The zero-order valence-electron chi connectivity index (χ0n) is 30.2. The van der Waals surface area contributed by atoms with Crippen molar-refractivity contribution in [2.75, 3.05) is 18.1 Å². The van der Waals surface area contributed by atoms with Crippen molar-refractivity contribution in [3.05, 3.63) is 65.9 Å². The smallest absolute Gasteiger partial charge is 0.327 e. The topological polar surface area (TPSA) is 291 Å². The molecule has 0 unspecified atom stereocenters. The lowest BCUT2D eigenvalue weighted by atomic mass is 10.0. The molecule has 19 heteroatoms. The van der Waals surface area contributed by atoms with E-state index in [-0.39, 0.29) is 43.1 Å². The third kappa shape index (κ3) is 13.5. The average Bonchev–Trinajstić information content (AvgIpc) is 3.57. The molecule has 0 radical (unpaired) electrons. The fourth-order valence-corrected chi connectivity index (χ4v) is 5.99. The van der Waals surface area contributed by atoms with Gasteiger partial charge in [-0.2, -0.15) is 25.3 Å². The number of aromatic nitrogens is 1. The number of nitrogens with one attached hydrogen (secondary N) is 6. The van der Waals surface area contributed by atoms with Crippen LogP contribution < -0.4 is 38.1 Å². The molecule has 55 heavy (non-hydrogen) atoms. The first-order chi connectivity index (χ1) is 26.2. The molecule has 0 fully saturated rings. The number of H-pyrrole nitrogens is 1. The molecule has 300 valence electrons. The molecule has 13 N–H and O–H groups in total. The lowest BCUT2D eigenvalue weighted by Gasteiger charge is -2.28. The highest BCUT2D eigenvalue weighted by atomic mass is 32.1. The van der Waals surface area contributed by atoms with Crippen molar-refractivity contribution in [3.8, 4) is 5.75 Å². The van der Waals surface area contributed by atoms with Gasteiger partial charge in [0.2, 0.25) is 29.5 Å². The zero-order valence-corrected chi connectivity index (χ0v) is 32.0. The van der Waals surface area contributed by atoms with Gasteiger partial charge in [-0.15, -0.1) is 0 Å². The molecule has 0 saturated heterocycles. The van der Waals surface area contributed by atoms with Crippen LogP contribution >= 0.6 is 25.3 Å². The Kier molecular flexibility index (Phi) is 17.8. The summed E-state index contributed by atoms with van der Waals surface area (Å²) in [6.07, 6.45) is 1.01. The lowest BCUT2D eigenvalue weighted by molar-refractivity contribution is -0.142. The summed E-state index contributed by atoms with van der Waals surface area (Å²) in [5, 5.41) is 42.9. The third-order valence-corrected chi connectivity index (χ3v) is 9.47. The van der Waals surface area contributed by atoms with Crippen LogP contribution in [0.15, 0.2) is 54.7 Å². The average molecular weight is 803 g/mol. The van der Waals surface area contributed by atoms with E-state index in [4.69, 9.17) is 11.5 Å². The van der Waals surface area contributed by atoms with Crippen LogP contribution in [-0.2, 0) is 41.6 Å². The molecule has 2 aromatic carbocycles. The Balaban J connectivity index is 1.95. The summed E-state index contributed by atoms with van der Waals surface area (Å²) < 4.78 is 0. The number of fused-ring (bicyclic) bond motifs is 1. The number of carboxylic acid groups (broad SMARTS) is 1. The summed E-state index contributed by atoms with van der Waals surface area (Å²) in [7, 11) is 0. The molecule has 0 aliphatic carbocycles. The number of carboxylic acids is 1. The number of benzene rings is 2. The first-order valence-electron chi connectivity index (χ1n) is 17.6. The minimum Gasteiger partial charge on any atom is -0.508 e. The van der Waals surface area contributed by atoms with Gasteiger partial charge in [0.15, 0.2) is 0 Å². The van der Waals surface area contributed by atoms with Gasteiger partial charge in [-0.05, 0) is 62.1 Å². The van der Waals surface area contributed by atoms with Crippen molar-refractivity contribution < 1.29 is 44.1 Å². The van der Waals surface area contributed by atoms with E-state index in [1.54, 1.807) is 18.3 Å². The van der Waals surface area contributed by atoms with Gasteiger partial charge in [0.05, 0.1) is 12.1 Å². The van der Waals surface area contributed by atoms with Gasteiger partial charge in [0, 0.05) is 41.4 Å². The molecular formula is C36H50N8O9S2. The van der Waals surface area contributed by atoms with Gasteiger partial charge in [-0.25, -0.2) is 4.79 Å². The molecule has 0 aliphatic heterocycles. The Morgan fingerprint density at radius 3 is 1.93 bits per heavy atom. The van der Waals surface area contributed by atoms with Crippen molar-refractivity contribution in [1.29, 1.82) is 0 Å². The van der Waals surface area contributed by atoms with E-state index < -0.39 is 77.9 Å². The van der Waals surface area contributed by atoms with Crippen LogP contribution in [0.3, 0.4) is 0 Å². The highest BCUT2D eigenvalue weighted by Crippen LogP contribution is 2.20. The molecule has 5 amide bonds. The van der Waals surface area contributed by atoms with E-state index in [2.05, 4.69) is 56.8 Å². The number of aliphatic hydroxyl groups is 1. The summed E-state index contributed by atoms with van der Waals surface area (Å²) in [5.74, 6) is -5.69. The summed E-state index contributed by atoms with van der Waals surface area (Å²) >= 11 is 8.00. The first kappa shape index (κ1) is 44.6. The number of hydrogen-bond donors (Lipinski definition) is 13. The molecule has 3 aromatic rings. The number of carbonyl (C=O) groups excluding carboxylic acids is 5. The van der Waals surface area contributed by atoms with Gasteiger partial charge >= 0.3 is 5.97 Å². The minimum absolute atomic E-state index is 0.00564. The van der Waals surface area contributed by atoms with Crippen molar-refractivity contribution in [3.63, 3.8) is 0 Å². The highest BCUT2D eigenvalue weighted by Gasteiger charge is 2.34. The van der Waals surface area contributed by atoms with Crippen LogP contribution in [0.25, 0.3) is 10.9 Å². The van der Waals surface area contributed by atoms with Gasteiger partial charge in [0.1, 0.15) is 36.0 Å². The minimum atomic E-state index is -1.60. The van der Waals surface area contributed by atoms with Gasteiger partial charge in [-0.1, -0.05) is 30.3 Å². The number of para-hydroxylation sites is 1. The number of phenols is 1. The summed E-state index contributed by atoms with van der Waals surface area (Å²) in [5.41, 5.74) is 13.6. The maximum absolute atomic E-state index is 14.2. The van der Waals surface area contributed by atoms with E-state index in [1.807, 2.05) is 24.3 Å². The number of aromatic amines is 1. The second kappa shape index (κ2) is 21.9. The fourth-order valence-electron chi connectivity index (χ4n) is 5.58. The van der Waals surface area contributed by atoms with Crippen LogP contribution in [-0.4, -0.2) is 116 Å². The molecule has 7 atom stereocenters. The van der Waals surface area contributed by atoms with E-state index in [0.29, 0.717) is 24.0 Å². The van der Waals surface area contributed by atoms with Crippen LogP contribution in [0.2, 0.25) is 0 Å². The van der Waals surface area contributed by atoms with Crippen molar-refractivity contribution in [2.45, 2.75) is 81.4 Å². The number of aromatic hydroxyl groups is 1. The predicted molar refractivity (Wildman–Crippen MR) is 211 cm³/mol. The van der Waals surface area contributed by atoms with Crippen molar-refractivity contribution >= 4 is 71.7 Å². The molecule has 0 spiro atoms. The van der Waals surface area contributed by atoms with Crippen molar-refractivity contribution in [1.82, 2.24) is 31.6 Å². The number of unbranched alkanes of at least 4 members (excludes halogenated alkanes) is 1. The molecule has 0 bridgehead atoms. The van der Waals surface area contributed by atoms with Crippen LogP contribution in [0.4, 0.5) is 0 Å². The Labute approximate surface area is 328 Å². The zero-order chi connectivity index (χ0) is 40.7. The summed E-state index contributed by atoms with van der Waals surface area (Å²) in [6.45, 7) is 1.51.